The van der Waals surface area contributed by atoms with Crippen LogP contribution in [0.15, 0.2) is 23.6 Å². The minimum Gasteiger partial charge on any atom is -0.379 e. The molecular formula is C18H25NO2S. The van der Waals surface area contributed by atoms with E-state index in [9.17, 15) is 4.79 Å². The van der Waals surface area contributed by atoms with E-state index in [0.717, 1.165) is 31.5 Å². The van der Waals surface area contributed by atoms with E-state index < -0.39 is 0 Å². The number of fused-ring (bicyclic) bond motifs is 1. The van der Waals surface area contributed by atoms with Crippen molar-refractivity contribution in [2.75, 3.05) is 32.8 Å². The van der Waals surface area contributed by atoms with Crippen molar-refractivity contribution in [1.82, 2.24) is 4.90 Å². The number of aryl methyl sites for hydroxylation is 1. The van der Waals surface area contributed by atoms with Gasteiger partial charge in [0.15, 0.2) is 0 Å². The van der Waals surface area contributed by atoms with Crippen molar-refractivity contribution in [3.05, 3.63) is 34.7 Å². The molecule has 0 spiro atoms. The number of likely N-dealkylation sites (N-methyl/N-ethyl adjacent to an activating group) is 1. The highest BCUT2D eigenvalue weighted by molar-refractivity contribution is 7.17. The summed E-state index contributed by atoms with van der Waals surface area (Å²) in [5.41, 5.74) is 2.25. The Morgan fingerprint density at radius 3 is 2.77 bits per heavy atom. The Morgan fingerprint density at radius 1 is 1.32 bits per heavy atom. The molecule has 0 saturated heterocycles. The predicted octanol–water partition coefficient (Wildman–Crippen LogP) is 3.85. The third kappa shape index (κ3) is 4.15. The van der Waals surface area contributed by atoms with Gasteiger partial charge in [-0.15, -0.1) is 11.3 Å². The first kappa shape index (κ1) is 17.1. The average Bonchev–Trinajstić information content (AvgIpc) is 2.98. The Hall–Kier alpha value is -1.23. The number of hydrogen-bond acceptors (Lipinski definition) is 4. The van der Waals surface area contributed by atoms with Gasteiger partial charge < -0.3 is 14.4 Å². The van der Waals surface area contributed by atoms with E-state index in [2.05, 4.69) is 49.3 Å². The normalized spacial score (nSPS) is 12.9. The number of aldehydes is 1. The first-order valence-corrected chi connectivity index (χ1v) is 8.80. The second-order valence-corrected chi connectivity index (χ2v) is 6.46. The van der Waals surface area contributed by atoms with Gasteiger partial charge in [-0.1, -0.05) is 13.8 Å². The van der Waals surface area contributed by atoms with Crippen LogP contribution in [0.3, 0.4) is 0 Å². The summed E-state index contributed by atoms with van der Waals surface area (Å²) < 4.78 is 7.03. The Bertz CT molecular complexity index is 604. The fourth-order valence-electron chi connectivity index (χ4n) is 2.67. The lowest BCUT2D eigenvalue weighted by Crippen LogP contribution is -2.27. The molecule has 3 nitrogen and oxygen atoms in total. The molecule has 0 N–H and O–H groups in total. The number of carbonyl (C=O) groups is 1. The van der Waals surface area contributed by atoms with Crippen LogP contribution in [0, 0.1) is 6.92 Å². The molecule has 0 amide bonds. The fraction of sp³-hybridized carbons (Fsp3) is 0.500. The second-order valence-electron chi connectivity index (χ2n) is 5.51. The third-order valence-corrected chi connectivity index (χ3v) is 5.03. The molecule has 0 aliphatic carbocycles. The number of nitrogens with zero attached hydrogens (tertiary/aromatic N) is 1. The van der Waals surface area contributed by atoms with Crippen LogP contribution in [-0.2, 0) is 9.53 Å². The van der Waals surface area contributed by atoms with Gasteiger partial charge in [-0.2, -0.15) is 0 Å². The summed E-state index contributed by atoms with van der Waals surface area (Å²) in [6.45, 7) is 10.5. The summed E-state index contributed by atoms with van der Waals surface area (Å²) in [5, 5.41) is 3.30. The molecule has 2 aromatic rings. The number of thiophene rings is 1. The van der Waals surface area contributed by atoms with Crippen molar-refractivity contribution in [2.24, 2.45) is 0 Å². The summed E-state index contributed by atoms with van der Waals surface area (Å²) in [4.78, 5) is 13.8. The van der Waals surface area contributed by atoms with Gasteiger partial charge in [0.05, 0.1) is 19.1 Å². The molecule has 1 aromatic carbocycles. The van der Waals surface area contributed by atoms with E-state index in [-0.39, 0.29) is 5.92 Å². The highest BCUT2D eigenvalue weighted by atomic mass is 32.1. The Balaban J connectivity index is 1.98. The van der Waals surface area contributed by atoms with E-state index in [1.165, 1.54) is 15.6 Å². The first-order chi connectivity index (χ1) is 10.7. The molecule has 120 valence electrons. The van der Waals surface area contributed by atoms with Crippen LogP contribution >= 0.6 is 11.3 Å². The zero-order valence-electron chi connectivity index (χ0n) is 13.7. The molecule has 1 unspecified atom stereocenters. The topological polar surface area (TPSA) is 29.5 Å². The van der Waals surface area contributed by atoms with Gasteiger partial charge in [-0.05, 0) is 60.1 Å². The maximum Gasteiger partial charge on any atom is 0.129 e. The smallest absolute Gasteiger partial charge is 0.129 e. The van der Waals surface area contributed by atoms with Crippen LogP contribution in [-0.4, -0.2) is 44.0 Å². The number of hydrogen-bond donors (Lipinski definition) is 0. The predicted molar refractivity (Wildman–Crippen MR) is 94.0 cm³/mol. The van der Waals surface area contributed by atoms with Crippen LogP contribution in [0.5, 0.6) is 0 Å². The standard InChI is InChI=1S/C18H25NO2S/c1-4-19(5-2)7-8-21-13-16(12-20)17-11-15-6-9-22-18(15)10-14(17)3/h6,9-12,16H,4-5,7-8,13H2,1-3H3. The molecule has 0 aliphatic heterocycles. The van der Waals surface area contributed by atoms with E-state index >= 15 is 0 Å². The van der Waals surface area contributed by atoms with Crippen LogP contribution < -0.4 is 0 Å². The lowest BCUT2D eigenvalue weighted by molar-refractivity contribution is -0.110. The highest BCUT2D eigenvalue weighted by Crippen LogP contribution is 2.28. The molecule has 0 aliphatic rings. The van der Waals surface area contributed by atoms with Crippen LogP contribution in [0.25, 0.3) is 10.1 Å². The lowest BCUT2D eigenvalue weighted by atomic mass is 9.95. The lowest BCUT2D eigenvalue weighted by Gasteiger charge is -2.19. The summed E-state index contributed by atoms with van der Waals surface area (Å²) in [6.07, 6.45) is 1.01. The van der Waals surface area contributed by atoms with Crippen molar-refractivity contribution < 1.29 is 9.53 Å². The fourth-order valence-corrected chi connectivity index (χ4v) is 3.54. The van der Waals surface area contributed by atoms with Gasteiger partial charge in [0.1, 0.15) is 6.29 Å². The summed E-state index contributed by atoms with van der Waals surface area (Å²) in [6, 6.07) is 6.40. The van der Waals surface area contributed by atoms with Gasteiger partial charge in [0.2, 0.25) is 0 Å². The van der Waals surface area contributed by atoms with Crippen molar-refractivity contribution >= 4 is 27.7 Å². The minimum atomic E-state index is -0.180. The quantitative estimate of drug-likeness (QED) is 0.519. The molecule has 2 rings (SSSR count). The molecule has 0 bridgehead atoms. The van der Waals surface area contributed by atoms with Gasteiger partial charge in [0.25, 0.3) is 0 Å². The SMILES string of the molecule is CCN(CC)CCOCC(C=O)c1cc2ccsc2cc1C. The van der Waals surface area contributed by atoms with E-state index in [1.807, 2.05) is 0 Å². The van der Waals surface area contributed by atoms with E-state index in [0.29, 0.717) is 13.2 Å². The molecule has 22 heavy (non-hydrogen) atoms. The van der Waals surface area contributed by atoms with Crippen LogP contribution in [0.4, 0.5) is 0 Å². The number of carbonyl (C=O) groups excluding carboxylic acids is 1. The summed E-state index contributed by atoms with van der Waals surface area (Å²) >= 11 is 1.73. The maximum absolute atomic E-state index is 11.5. The van der Waals surface area contributed by atoms with Crippen molar-refractivity contribution in [1.29, 1.82) is 0 Å². The molecular weight excluding hydrogens is 294 g/mol. The maximum atomic E-state index is 11.5. The second kappa shape index (κ2) is 8.42. The van der Waals surface area contributed by atoms with E-state index in [1.54, 1.807) is 11.3 Å². The molecule has 1 heterocycles. The monoisotopic (exact) mass is 319 g/mol. The molecule has 1 atom stereocenters. The third-order valence-electron chi connectivity index (χ3n) is 4.15. The Kier molecular flexibility index (Phi) is 6.55. The van der Waals surface area contributed by atoms with Gasteiger partial charge in [-0.25, -0.2) is 0 Å². The van der Waals surface area contributed by atoms with Crippen LogP contribution in [0.2, 0.25) is 0 Å². The van der Waals surface area contributed by atoms with Gasteiger partial charge in [-0.3, -0.25) is 0 Å². The van der Waals surface area contributed by atoms with Gasteiger partial charge >= 0.3 is 0 Å². The van der Waals surface area contributed by atoms with E-state index in [4.69, 9.17) is 4.74 Å². The summed E-state index contributed by atoms with van der Waals surface area (Å²) in [7, 11) is 0. The molecule has 0 fully saturated rings. The Labute approximate surface area is 136 Å². The number of ether oxygens (including phenoxy) is 1. The van der Waals surface area contributed by atoms with Crippen molar-refractivity contribution in [2.45, 2.75) is 26.7 Å². The number of benzene rings is 1. The zero-order chi connectivity index (χ0) is 15.9. The molecule has 4 heteroatoms. The largest absolute Gasteiger partial charge is 0.379 e. The summed E-state index contributed by atoms with van der Waals surface area (Å²) in [5.74, 6) is -0.180. The Morgan fingerprint density at radius 2 is 2.09 bits per heavy atom. The number of rotatable bonds is 9. The van der Waals surface area contributed by atoms with Crippen molar-refractivity contribution in [3.63, 3.8) is 0 Å². The zero-order valence-corrected chi connectivity index (χ0v) is 14.5. The highest BCUT2D eigenvalue weighted by Gasteiger charge is 2.15. The molecule has 0 saturated carbocycles. The first-order valence-electron chi connectivity index (χ1n) is 7.92. The molecule has 1 aromatic heterocycles. The van der Waals surface area contributed by atoms with Gasteiger partial charge in [0, 0.05) is 11.2 Å². The minimum absolute atomic E-state index is 0.180. The van der Waals surface area contributed by atoms with Crippen molar-refractivity contribution in [3.8, 4) is 0 Å². The average molecular weight is 319 g/mol. The molecule has 0 radical (unpaired) electrons. The van der Waals surface area contributed by atoms with Crippen LogP contribution in [0.1, 0.15) is 30.9 Å².